The molecule has 0 aliphatic carbocycles. The number of nitrogens with one attached hydrogen (secondary N) is 2. The van der Waals surface area contributed by atoms with Crippen molar-refractivity contribution in [2.75, 3.05) is 40.0 Å². The summed E-state index contributed by atoms with van der Waals surface area (Å²) in [7, 11) is 1.78. The molecule has 1 aliphatic heterocycles. The van der Waals surface area contributed by atoms with Crippen molar-refractivity contribution in [2.24, 2.45) is 4.99 Å². The lowest BCUT2D eigenvalue weighted by molar-refractivity contribution is 0.0168. The second-order valence-corrected chi connectivity index (χ2v) is 6.58. The van der Waals surface area contributed by atoms with Gasteiger partial charge in [0.1, 0.15) is 5.76 Å². The molecule has 0 aromatic carbocycles. The van der Waals surface area contributed by atoms with Crippen molar-refractivity contribution in [1.29, 1.82) is 0 Å². The molecule has 1 aromatic rings. The van der Waals surface area contributed by atoms with E-state index >= 15 is 0 Å². The smallest absolute Gasteiger partial charge is 0.190 e. The number of hydrogen-bond donors (Lipinski definition) is 2. The third-order valence-corrected chi connectivity index (χ3v) is 4.47. The molecule has 150 valence electrons. The predicted octanol–water partition coefficient (Wildman–Crippen LogP) is 2.76. The standard InChI is InChI=1S/C18H32N4O3.HI/c1-13(17-14(2)22-25-15(17)3)11-21-18(19-4)20-8-6-9-23-12-16-7-5-10-24-16;/h13,16H,5-12H2,1-4H3,(H2,19,20,21);1H. The molecule has 26 heavy (non-hydrogen) atoms. The van der Waals surface area contributed by atoms with Crippen molar-refractivity contribution >= 4 is 29.9 Å². The maximum atomic E-state index is 5.66. The third kappa shape index (κ3) is 7.40. The molecule has 2 unspecified atom stereocenters. The molecule has 0 amide bonds. The largest absolute Gasteiger partial charge is 0.379 e. The molecule has 1 saturated heterocycles. The minimum Gasteiger partial charge on any atom is -0.379 e. The number of guanidine groups is 1. The first-order valence-electron chi connectivity index (χ1n) is 9.18. The van der Waals surface area contributed by atoms with Gasteiger partial charge < -0.3 is 24.6 Å². The molecule has 2 heterocycles. The first-order chi connectivity index (χ1) is 12.1. The van der Waals surface area contributed by atoms with E-state index in [1.807, 2.05) is 13.8 Å². The molecular weight excluding hydrogens is 447 g/mol. The highest BCUT2D eigenvalue weighted by Crippen LogP contribution is 2.22. The fourth-order valence-electron chi connectivity index (χ4n) is 3.14. The van der Waals surface area contributed by atoms with Gasteiger partial charge in [-0.15, -0.1) is 24.0 Å². The molecule has 2 rings (SSSR count). The highest BCUT2D eigenvalue weighted by Gasteiger charge is 2.17. The van der Waals surface area contributed by atoms with E-state index < -0.39 is 0 Å². The Labute approximate surface area is 173 Å². The van der Waals surface area contributed by atoms with Crippen LogP contribution in [0, 0.1) is 13.8 Å². The Balaban J connectivity index is 0.00000338. The zero-order chi connectivity index (χ0) is 18.1. The van der Waals surface area contributed by atoms with Crippen molar-refractivity contribution in [3.05, 3.63) is 17.0 Å². The highest BCUT2D eigenvalue weighted by molar-refractivity contribution is 14.0. The summed E-state index contributed by atoms with van der Waals surface area (Å²) in [4.78, 5) is 4.26. The van der Waals surface area contributed by atoms with E-state index in [0.29, 0.717) is 18.6 Å². The average Bonchev–Trinajstić information content (AvgIpc) is 3.23. The van der Waals surface area contributed by atoms with Gasteiger partial charge in [0.2, 0.25) is 0 Å². The van der Waals surface area contributed by atoms with E-state index in [1.165, 1.54) is 5.56 Å². The van der Waals surface area contributed by atoms with E-state index in [9.17, 15) is 0 Å². The molecule has 2 N–H and O–H groups in total. The maximum absolute atomic E-state index is 5.66. The van der Waals surface area contributed by atoms with Gasteiger partial charge in [-0.05, 0) is 33.1 Å². The quantitative estimate of drug-likeness (QED) is 0.245. The normalized spacial score (nSPS) is 18.5. The number of aliphatic imine (C=N–C) groups is 1. The Bertz CT molecular complexity index is 525. The molecule has 0 bridgehead atoms. The van der Waals surface area contributed by atoms with Crippen molar-refractivity contribution in [2.45, 2.75) is 52.1 Å². The average molecular weight is 480 g/mol. The summed E-state index contributed by atoms with van der Waals surface area (Å²) < 4.78 is 16.4. The number of hydrogen-bond acceptors (Lipinski definition) is 5. The maximum Gasteiger partial charge on any atom is 0.190 e. The van der Waals surface area contributed by atoms with Crippen molar-refractivity contribution in [3.63, 3.8) is 0 Å². The first-order valence-corrected chi connectivity index (χ1v) is 9.18. The Morgan fingerprint density at radius 2 is 2.19 bits per heavy atom. The van der Waals surface area contributed by atoms with Crippen LogP contribution in [0.3, 0.4) is 0 Å². The van der Waals surface area contributed by atoms with Gasteiger partial charge in [0.15, 0.2) is 5.96 Å². The van der Waals surface area contributed by atoms with E-state index in [1.54, 1.807) is 7.05 Å². The third-order valence-electron chi connectivity index (χ3n) is 4.47. The van der Waals surface area contributed by atoms with Gasteiger partial charge in [-0.2, -0.15) is 0 Å². The van der Waals surface area contributed by atoms with Gasteiger partial charge in [-0.3, -0.25) is 4.99 Å². The minimum absolute atomic E-state index is 0. The van der Waals surface area contributed by atoms with E-state index in [0.717, 1.165) is 63.0 Å². The van der Waals surface area contributed by atoms with Gasteiger partial charge >= 0.3 is 0 Å². The number of rotatable bonds is 9. The van der Waals surface area contributed by atoms with Crippen molar-refractivity contribution in [3.8, 4) is 0 Å². The summed E-state index contributed by atoms with van der Waals surface area (Å²) >= 11 is 0. The van der Waals surface area contributed by atoms with Crippen LogP contribution in [0.1, 0.15) is 49.1 Å². The zero-order valence-corrected chi connectivity index (χ0v) is 18.7. The second-order valence-electron chi connectivity index (χ2n) is 6.58. The summed E-state index contributed by atoms with van der Waals surface area (Å²) in [6, 6.07) is 0. The molecular formula is C18H33IN4O3. The summed E-state index contributed by atoms with van der Waals surface area (Å²) in [5, 5.41) is 10.7. The highest BCUT2D eigenvalue weighted by atomic mass is 127. The summed E-state index contributed by atoms with van der Waals surface area (Å²) in [6.07, 6.45) is 3.52. The van der Waals surface area contributed by atoms with Gasteiger partial charge in [0.05, 0.1) is 18.4 Å². The lowest BCUT2D eigenvalue weighted by Gasteiger charge is -2.16. The van der Waals surface area contributed by atoms with Crippen LogP contribution in [0.2, 0.25) is 0 Å². The number of nitrogens with zero attached hydrogens (tertiary/aromatic N) is 2. The number of aryl methyl sites for hydroxylation is 2. The number of halogens is 1. The molecule has 0 spiro atoms. The second kappa shape index (κ2) is 12.5. The zero-order valence-electron chi connectivity index (χ0n) is 16.3. The van der Waals surface area contributed by atoms with Crippen LogP contribution in [-0.2, 0) is 9.47 Å². The molecule has 1 aliphatic rings. The Morgan fingerprint density at radius 1 is 1.38 bits per heavy atom. The van der Waals surface area contributed by atoms with Gasteiger partial charge in [0, 0.05) is 44.8 Å². The van der Waals surface area contributed by atoms with E-state index in [-0.39, 0.29) is 24.0 Å². The Hall–Kier alpha value is -0.870. The lowest BCUT2D eigenvalue weighted by atomic mass is 10.00. The lowest BCUT2D eigenvalue weighted by Crippen LogP contribution is -2.39. The van der Waals surface area contributed by atoms with Gasteiger partial charge in [0.25, 0.3) is 0 Å². The van der Waals surface area contributed by atoms with Crippen LogP contribution >= 0.6 is 24.0 Å². The molecule has 0 radical (unpaired) electrons. The van der Waals surface area contributed by atoms with Gasteiger partial charge in [-0.25, -0.2) is 0 Å². The predicted molar refractivity (Wildman–Crippen MR) is 114 cm³/mol. The fraction of sp³-hybridized carbons (Fsp3) is 0.778. The van der Waals surface area contributed by atoms with Crippen LogP contribution in [0.25, 0.3) is 0 Å². The molecule has 1 fully saturated rings. The first kappa shape index (κ1) is 23.2. The van der Waals surface area contributed by atoms with Crippen LogP contribution in [0.15, 0.2) is 9.52 Å². The number of ether oxygens (including phenoxy) is 2. The summed E-state index contributed by atoms with van der Waals surface area (Å²) in [5.74, 6) is 2.00. The van der Waals surface area contributed by atoms with Crippen molar-refractivity contribution in [1.82, 2.24) is 15.8 Å². The molecule has 8 heteroatoms. The minimum atomic E-state index is 0. The summed E-state index contributed by atoms with van der Waals surface area (Å²) in [5.41, 5.74) is 2.13. The van der Waals surface area contributed by atoms with Crippen LogP contribution in [0.5, 0.6) is 0 Å². The van der Waals surface area contributed by atoms with Crippen LogP contribution in [0.4, 0.5) is 0 Å². The fourth-order valence-corrected chi connectivity index (χ4v) is 3.14. The topological polar surface area (TPSA) is 80.9 Å². The molecule has 2 atom stereocenters. The Kier molecular flexibility index (Phi) is 11.1. The van der Waals surface area contributed by atoms with Gasteiger partial charge in [-0.1, -0.05) is 12.1 Å². The van der Waals surface area contributed by atoms with Crippen LogP contribution in [-0.4, -0.2) is 57.2 Å². The molecule has 0 saturated carbocycles. The van der Waals surface area contributed by atoms with E-state index in [2.05, 4.69) is 27.7 Å². The van der Waals surface area contributed by atoms with Crippen molar-refractivity contribution < 1.29 is 14.0 Å². The SMILES string of the molecule is CN=C(NCCCOCC1CCCO1)NCC(C)c1c(C)noc1C.I. The number of aromatic nitrogens is 1. The molecule has 7 nitrogen and oxygen atoms in total. The summed E-state index contributed by atoms with van der Waals surface area (Å²) in [6.45, 7) is 10.0. The Morgan fingerprint density at radius 3 is 2.81 bits per heavy atom. The van der Waals surface area contributed by atoms with E-state index in [4.69, 9.17) is 14.0 Å². The monoisotopic (exact) mass is 480 g/mol. The molecule has 1 aromatic heterocycles. The van der Waals surface area contributed by atoms with Crippen LogP contribution < -0.4 is 10.6 Å².